The molecule has 4 N–H and O–H groups in total. The fourth-order valence-corrected chi connectivity index (χ4v) is 4.74. The quantitative estimate of drug-likeness (QED) is 0.296. The molecule has 7 nitrogen and oxygen atoms in total. The van der Waals surface area contributed by atoms with Crippen LogP contribution in [-0.4, -0.2) is 26.8 Å². The minimum atomic E-state index is -0.910. The molecule has 1 atom stereocenters. The lowest BCUT2D eigenvalue weighted by Crippen LogP contribution is -2.17. The molecular formula is C29H30N4O3. The van der Waals surface area contributed by atoms with Gasteiger partial charge in [0.05, 0.1) is 17.6 Å². The monoisotopic (exact) mass is 482 g/mol. The lowest BCUT2D eigenvalue weighted by atomic mass is 9.94. The first-order valence-electron chi connectivity index (χ1n) is 12.4. The predicted octanol–water partition coefficient (Wildman–Crippen LogP) is 5.40. The van der Waals surface area contributed by atoms with Crippen molar-refractivity contribution in [1.82, 2.24) is 9.78 Å². The highest BCUT2D eigenvalue weighted by Gasteiger charge is 2.25. The number of hydrogen-bond acceptors (Lipinski definition) is 4. The Kier molecular flexibility index (Phi) is 6.57. The fraction of sp³-hybridized carbons (Fsp3) is 0.276. The SMILES string of the molecule is CCC(C(=O)O)c1ccccc1NC(=O)c1cc(-c2cccc(CN)c2)c2cnn(CC3CC3)c2c1. The number of carbonyl (C=O) groups excluding carboxylic acids is 1. The maximum Gasteiger partial charge on any atom is 0.311 e. The number of para-hydroxylation sites is 1. The van der Waals surface area contributed by atoms with Crippen LogP contribution < -0.4 is 11.1 Å². The number of aliphatic carboxylic acids is 1. The Morgan fingerprint density at radius 3 is 2.67 bits per heavy atom. The van der Waals surface area contributed by atoms with Gasteiger partial charge in [0.15, 0.2) is 0 Å². The number of carboxylic acid groups (broad SMARTS) is 1. The van der Waals surface area contributed by atoms with E-state index >= 15 is 0 Å². The number of nitrogens with zero attached hydrogens (tertiary/aromatic N) is 2. The summed E-state index contributed by atoms with van der Waals surface area (Å²) < 4.78 is 1.99. The van der Waals surface area contributed by atoms with E-state index in [2.05, 4.69) is 10.4 Å². The average molecular weight is 483 g/mol. The minimum Gasteiger partial charge on any atom is -0.481 e. The van der Waals surface area contributed by atoms with Crippen molar-refractivity contribution in [3.05, 3.63) is 83.6 Å². The van der Waals surface area contributed by atoms with E-state index in [4.69, 9.17) is 5.73 Å². The molecule has 0 saturated heterocycles. The first-order chi connectivity index (χ1) is 17.5. The molecule has 0 spiro atoms. The Morgan fingerprint density at radius 2 is 1.94 bits per heavy atom. The average Bonchev–Trinajstić information content (AvgIpc) is 3.62. The van der Waals surface area contributed by atoms with Crippen LogP contribution in [0.3, 0.4) is 0 Å². The molecule has 1 heterocycles. The van der Waals surface area contributed by atoms with Crippen LogP contribution in [0.1, 0.15) is 53.6 Å². The van der Waals surface area contributed by atoms with Crippen molar-refractivity contribution in [2.24, 2.45) is 11.7 Å². The molecule has 1 aliphatic carbocycles. The van der Waals surface area contributed by atoms with E-state index in [0.717, 1.165) is 34.1 Å². The van der Waals surface area contributed by atoms with Gasteiger partial charge in [-0.15, -0.1) is 0 Å². The van der Waals surface area contributed by atoms with Gasteiger partial charge in [-0.05, 0) is 71.7 Å². The number of fused-ring (bicyclic) bond motifs is 1. The van der Waals surface area contributed by atoms with Crippen molar-refractivity contribution < 1.29 is 14.7 Å². The van der Waals surface area contributed by atoms with Crippen molar-refractivity contribution in [3.8, 4) is 11.1 Å². The van der Waals surface area contributed by atoms with Gasteiger partial charge in [-0.2, -0.15) is 5.10 Å². The second kappa shape index (κ2) is 9.95. The molecular weight excluding hydrogens is 452 g/mol. The molecule has 1 amide bonds. The van der Waals surface area contributed by atoms with E-state index < -0.39 is 11.9 Å². The van der Waals surface area contributed by atoms with Crippen molar-refractivity contribution in [1.29, 1.82) is 0 Å². The number of rotatable bonds is 9. The van der Waals surface area contributed by atoms with E-state index in [1.165, 1.54) is 12.8 Å². The maximum absolute atomic E-state index is 13.6. The van der Waals surface area contributed by atoms with Crippen molar-refractivity contribution in [3.63, 3.8) is 0 Å². The summed E-state index contributed by atoms with van der Waals surface area (Å²) in [5, 5.41) is 18.3. The number of carboxylic acids is 1. The molecule has 1 aliphatic rings. The maximum atomic E-state index is 13.6. The smallest absolute Gasteiger partial charge is 0.311 e. The number of aromatic nitrogens is 2. The Balaban J connectivity index is 1.58. The first kappa shape index (κ1) is 23.8. The van der Waals surface area contributed by atoms with Gasteiger partial charge < -0.3 is 16.2 Å². The summed E-state index contributed by atoms with van der Waals surface area (Å²) in [7, 11) is 0. The highest BCUT2D eigenvalue weighted by Crippen LogP contribution is 2.35. The van der Waals surface area contributed by atoms with Crippen LogP contribution in [0.2, 0.25) is 0 Å². The third-order valence-electron chi connectivity index (χ3n) is 6.92. The largest absolute Gasteiger partial charge is 0.481 e. The molecule has 4 aromatic rings. The molecule has 5 rings (SSSR count). The number of carbonyl (C=O) groups is 2. The number of nitrogens with two attached hydrogens (primary N) is 1. The van der Waals surface area contributed by atoms with Gasteiger partial charge in [0, 0.05) is 29.7 Å². The van der Waals surface area contributed by atoms with E-state index in [1.54, 1.807) is 24.3 Å². The van der Waals surface area contributed by atoms with Gasteiger partial charge in [-0.25, -0.2) is 0 Å². The van der Waals surface area contributed by atoms with Crippen LogP contribution in [-0.2, 0) is 17.9 Å². The molecule has 7 heteroatoms. The lowest BCUT2D eigenvalue weighted by Gasteiger charge is -2.16. The second-order valence-corrected chi connectivity index (χ2v) is 9.47. The number of amides is 1. The zero-order valence-electron chi connectivity index (χ0n) is 20.3. The van der Waals surface area contributed by atoms with E-state index in [-0.39, 0.29) is 5.91 Å². The molecule has 0 aliphatic heterocycles. The normalized spacial score (nSPS) is 14.1. The number of hydrogen-bond donors (Lipinski definition) is 3. The molecule has 184 valence electrons. The van der Waals surface area contributed by atoms with Gasteiger partial charge in [0.25, 0.3) is 5.91 Å². The van der Waals surface area contributed by atoms with Crippen molar-refractivity contribution in [2.75, 3.05) is 5.32 Å². The van der Waals surface area contributed by atoms with Crippen LogP contribution in [0, 0.1) is 5.92 Å². The van der Waals surface area contributed by atoms with Crippen LogP contribution in [0.25, 0.3) is 22.0 Å². The summed E-state index contributed by atoms with van der Waals surface area (Å²) >= 11 is 0. The lowest BCUT2D eigenvalue weighted by molar-refractivity contribution is -0.138. The van der Waals surface area contributed by atoms with Crippen LogP contribution >= 0.6 is 0 Å². The fourth-order valence-electron chi connectivity index (χ4n) is 4.74. The molecule has 1 fully saturated rings. The summed E-state index contributed by atoms with van der Waals surface area (Å²) in [4.78, 5) is 25.4. The van der Waals surface area contributed by atoms with Gasteiger partial charge >= 0.3 is 5.97 Å². The van der Waals surface area contributed by atoms with Gasteiger partial charge in [0.2, 0.25) is 0 Å². The molecule has 1 unspecified atom stereocenters. The minimum absolute atomic E-state index is 0.292. The van der Waals surface area contributed by atoms with Crippen LogP contribution in [0.4, 0.5) is 5.69 Å². The second-order valence-electron chi connectivity index (χ2n) is 9.47. The molecule has 1 saturated carbocycles. The summed E-state index contributed by atoms with van der Waals surface area (Å²) in [6, 6.07) is 18.9. The van der Waals surface area contributed by atoms with Crippen molar-refractivity contribution in [2.45, 2.75) is 45.2 Å². The number of benzene rings is 3. The van der Waals surface area contributed by atoms with Crippen LogP contribution in [0.5, 0.6) is 0 Å². The summed E-state index contributed by atoms with van der Waals surface area (Å²) in [6.07, 6.45) is 4.70. The Labute approximate surface area is 209 Å². The highest BCUT2D eigenvalue weighted by atomic mass is 16.4. The predicted molar refractivity (Wildman–Crippen MR) is 141 cm³/mol. The van der Waals surface area contributed by atoms with E-state index in [9.17, 15) is 14.7 Å². The molecule has 0 radical (unpaired) electrons. The first-order valence-corrected chi connectivity index (χ1v) is 12.4. The number of anilines is 1. The third kappa shape index (κ3) is 4.75. The molecule has 3 aromatic carbocycles. The molecule has 36 heavy (non-hydrogen) atoms. The summed E-state index contributed by atoms with van der Waals surface area (Å²) in [5.74, 6) is -1.27. The summed E-state index contributed by atoms with van der Waals surface area (Å²) in [5.41, 5.74) is 11.3. The van der Waals surface area contributed by atoms with E-state index in [0.29, 0.717) is 35.7 Å². The summed E-state index contributed by atoms with van der Waals surface area (Å²) in [6.45, 7) is 3.08. The van der Waals surface area contributed by atoms with Crippen molar-refractivity contribution >= 4 is 28.5 Å². The zero-order valence-corrected chi connectivity index (χ0v) is 20.3. The van der Waals surface area contributed by atoms with Gasteiger partial charge in [-0.1, -0.05) is 43.3 Å². The molecule has 1 aromatic heterocycles. The standard InChI is InChI=1S/C29H30N4O3/c1-2-22(29(35)36)23-8-3-4-9-26(23)32-28(34)21-13-24(20-7-5-6-19(12-20)15-30)25-16-31-33(27(25)14-21)17-18-10-11-18/h3-9,12-14,16,18,22H,2,10-11,15,17,30H2,1H3,(H,32,34)(H,35,36). The Bertz CT molecular complexity index is 1440. The molecule has 0 bridgehead atoms. The van der Waals surface area contributed by atoms with Gasteiger partial charge in [0.1, 0.15) is 0 Å². The zero-order chi connectivity index (χ0) is 25.2. The Hall–Kier alpha value is -3.97. The highest BCUT2D eigenvalue weighted by molar-refractivity contribution is 6.09. The number of nitrogens with one attached hydrogen (secondary N) is 1. The van der Waals surface area contributed by atoms with E-state index in [1.807, 2.05) is 54.2 Å². The third-order valence-corrected chi connectivity index (χ3v) is 6.92. The van der Waals surface area contributed by atoms with Gasteiger partial charge in [-0.3, -0.25) is 14.3 Å². The Morgan fingerprint density at radius 1 is 1.14 bits per heavy atom. The topological polar surface area (TPSA) is 110 Å². The van der Waals surface area contributed by atoms with Crippen LogP contribution in [0.15, 0.2) is 66.9 Å².